The summed E-state index contributed by atoms with van der Waals surface area (Å²) >= 11 is 0. The van der Waals surface area contributed by atoms with Gasteiger partial charge in [0.1, 0.15) is 6.10 Å². The smallest absolute Gasteiger partial charge is 0.328 e. The molecule has 0 aromatic heterocycles. The van der Waals surface area contributed by atoms with Crippen molar-refractivity contribution in [2.75, 3.05) is 19.6 Å². The van der Waals surface area contributed by atoms with Crippen LogP contribution in [-0.4, -0.2) is 63.9 Å². The number of ether oxygens (including phenoxy) is 1. The van der Waals surface area contributed by atoms with Gasteiger partial charge in [-0.3, -0.25) is 4.79 Å². The van der Waals surface area contributed by atoms with E-state index in [0.29, 0.717) is 12.2 Å². The van der Waals surface area contributed by atoms with Crippen LogP contribution in [0.15, 0.2) is 66.7 Å². The largest absolute Gasteiger partial charge is 0.481 e. The van der Waals surface area contributed by atoms with Crippen LogP contribution in [-0.2, 0) is 25.5 Å². The molecule has 3 N–H and O–H groups in total. The van der Waals surface area contributed by atoms with Gasteiger partial charge in [-0.05, 0) is 55.3 Å². The van der Waals surface area contributed by atoms with Crippen LogP contribution >= 0.6 is 0 Å². The molecule has 0 amide bonds. The minimum Gasteiger partial charge on any atom is -0.481 e. The molecule has 212 valence electrons. The van der Waals surface area contributed by atoms with Crippen LogP contribution in [0.3, 0.4) is 0 Å². The zero-order valence-electron chi connectivity index (χ0n) is 22.7. The number of aliphatic carboxylic acids is 3. The number of piperidine rings is 1. The summed E-state index contributed by atoms with van der Waals surface area (Å²) in [6.45, 7) is 5.39. The van der Waals surface area contributed by atoms with E-state index in [1.807, 2.05) is 0 Å². The second-order valence-electron chi connectivity index (χ2n) is 9.67. The Bertz CT molecular complexity index is 1010. The van der Waals surface area contributed by atoms with Gasteiger partial charge in [0.15, 0.2) is 0 Å². The fraction of sp³-hybridized carbons (Fsp3) is 0.452. The Hall–Kier alpha value is -3.49. The van der Waals surface area contributed by atoms with Crippen LogP contribution in [0.25, 0.3) is 0 Å². The van der Waals surface area contributed by atoms with E-state index in [4.69, 9.17) is 20.1 Å². The maximum atomic E-state index is 10.6. The molecule has 1 fully saturated rings. The van der Waals surface area contributed by atoms with Gasteiger partial charge in [-0.15, -0.1) is 0 Å². The molecular formula is C31H41NO7. The summed E-state index contributed by atoms with van der Waals surface area (Å²) in [7, 11) is 0. The number of carbonyl (C=O) groups is 3. The van der Waals surface area contributed by atoms with E-state index in [0.717, 1.165) is 64.6 Å². The number of hydrogen-bond donors (Lipinski definition) is 3. The number of likely N-dealkylation sites (tertiary alicyclic amines) is 1. The van der Waals surface area contributed by atoms with Crippen molar-refractivity contribution in [3.63, 3.8) is 0 Å². The first-order valence-corrected chi connectivity index (χ1v) is 13.7. The maximum Gasteiger partial charge on any atom is 0.328 e. The third-order valence-electron chi connectivity index (χ3n) is 6.52. The fourth-order valence-corrected chi connectivity index (χ4v) is 4.52. The van der Waals surface area contributed by atoms with Crippen molar-refractivity contribution in [2.24, 2.45) is 0 Å². The van der Waals surface area contributed by atoms with Crippen LogP contribution in [0.4, 0.5) is 0 Å². The molecule has 0 bridgehead atoms. The topological polar surface area (TPSA) is 124 Å². The van der Waals surface area contributed by atoms with E-state index >= 15 is 0 Å². The summed E-state index contributed by atoms with van der Waals surface area (Å²) in [5.41, 5.74) is 3.83. The first kappa shape index (κ1) is 31.7. The summed E-state index contributed by atoms with van der Waals surface area (Å²) in [4.78, 5) is 32.2. The Morgan fingerprint density at radius 1 is 0.872 bits per heavy atom. The molecule has 0 saturated carbocycles. The van der Waals surface area contributed by atoms with Crippen molar-refractivity contribution in [1.29, 1.82) is 0 Å². The Balaban J connectivity index is 0.000000580. The highest BCUT2D eigenvalue weighted by Crippen LogP contribution is 2.30. The van der Waals surface area contributed by atoms with Gasteiger partial charge in [0.25, 0.3) is 0 Å². The number of aryl methyl sites for hydroxylation is 1. The minimum absolute atomic E-state index is 0.0237. The molecule has 0 radical (unpaired) electrons. The number of carboxylic acids is 3. The highest BCUT2D eigenvalue weighted by atomic mass is 16.5. The summed E-state index contributed by atoms with van der Waals surface area (Å²) in [6, 6.07) is 19.5. The summed E-state index contributed by atoms with van der Waals surface area (Å²) in [5.74, 6) is -3.20. The molecule has 39 heavy (non-hydrogen) atoms. The molecule has 1 saturated heterocycles. The van der Waals surface area contributed by atoms with Gasteiger partial charge in [-0.2, -0.15) is 0 Å². The number of unbranched alkanes of at least 4 members (excludes halogenated alkanes) is 2. The lowest BCUT2D eigenvalue weighted by Gasteiger charge is -2.34. The summed E-state index contributed by atoms with van der Waals surface area (Å²) in [6.07, 6.45) is 8.88. The van der Waals surface area contributed by atoms with E-state index in [1.54, 1.807) is 0 Å². The molecule has 1 heterocycles. The number of nitrogens with zero attached hydrogens (tertiary/aromatic N) is 1. The average molecular weight is 540 g/mol. The van der Waals surface area contributed by atoms with Crippen molar-refractivity contribution in [3.8, 4) is 0 Å². The van der Waals surface area contributed by atoms with Crippen molar-refractivity contribution in [2.45, 2.75) is 70.5 Å². The zero-order chi connectivity index (χ0) is 28.5. The molecular weight excluding hydrogens is 498 g/mol. The quantitative estimate of drug-likeness (QED) is 0.210. The summed E-state index contributed by atoms with van der Waals surface area (Å²) in [5, 5.41) is 24.4. The van der Waals surface area contributed by atoms with Crippen molar-refractivity contribution < 1.29 is 34.4 Å². The van der Waals surface area contributed by atoms with Gasteiger partial charge >= 0.3 is 17.9 Å². The van der Waals surface area contributed by atoms with Gasteiger partial charge in [0, 0.05) is 31.7 Å². The standard InChI is InChI=1S/C27H37NO3.C4H4O4/c1-2-9-22-13-15-24(16-14-22)27(23-10-5-3-6-11-23)31-25-17-20-28(21-18-25)19-8-4-7-12-26(29)30;5-3(6)1-2-4(7)8/h3,5-6,10-11,13-16,25,27H,2,4,7-9,12,17-21H2,1H3,(H,29,30);1-2H,(H,5,6)(H,7,8). The van der Waals surface area contributed by atoms with E-state index < -0.39 is 17.9 Å². The van der Waals surface area contributed by atoms with E-state index in [-0.39, 0.29) is 18.6 Å². The van der Waals surface area contributed by atoms with Gasteiger partial charge < -0.3 is 25.0 Å². The lowest BCUT2D eigenvalue weighted by molar-refractivity contribution is -0.137. The lowest BCUT2D eigenvalue weighted by atomic mass is 9.98. The molecule has 8 nitrogen and oxygen atoms in total. The molecule has 2 aromatic carbocycles. The number of rotatable bonds is 14. The Morgan fingerprint density at radius 3 is 2.00 bits per heavy atom. The Morgan fingerprint density at radius 2 is 1.46 bits per heavy atom. The maximum absolute atomic E-state index is 10.6. The van der Waals surface area contributed by atoms with Crippen molar-refractivity contribution >= 4 is 17.9 Å². The van der Waals surface area contributed by atoms with Crippen LogP contribution in [0.5, 0.6) is 0 Å². The molecule has 3 rings (SSSR count). The predicted molar refractivity (Wildman–Crippen MR) is 150 cm³/mol. The van der Waals surface area contributed by atoms with Crippen molar-refractivity contribution in [3.05, 3.63) is 83.4 Å². The molecule has 1 aliphatic heterocycles. The van der Waals surface area contributed by atoms with E-state index in [2.05, 4.69) is 66.4 Å². The summed E-state index contributed by atoms with van der Waals surface area (Å²) < 4.78 is 6.69. The number of benzene rings is 2. The SMILES string of the molecule is CCCc1ccc(C(OC2CCN(CCCCCC(=O)O)CC2)c2ccccc2)cc1.O=C(O)C=CC(=O)O. The van der Waals surface area contributed by atoms with Crippen molar-refractivity contribution in [1.82, 2.24) is 4.90 Å². The molecule has 0 spiro atoms. The molecule has 1 unspecified atom stereocenters. The molecule has 1 atom stereocenters. The lowest BCUT2D eigenvalue weighted by Crippen LogP contribution is -2.38. The predicted octanol–water partition coefficient (Wildman–Crippen LogP) is 5.57. The van der Waals surface area contributed by atoms with Gasteiger partial charge in [-0.1, -0.05) is 74.4 Å². The third kappa shape index (κ3) is 13.2. The first-order valence-electron chi connectivity index (χ1n) is 13.7. The Kier molecular flexibility index (Phi) is 14.6. The normalized spacial score (nSPS) is 14.9. The minimum atomic E-state index is -1.26. The molecule has 0 aliphatic carbocycles. The number of carboxylic acid groups (broad SMARTS) is 3. The van der Waals surface area contributed by atoms with Crippen LogP contribution < -0.4 is 0 Å². The monoisotopic (exact) mass is 539 g/mol. The second-order valence-corrected chi connectivity index (χ2v) is 9.67. The highest BCUT2D eigenvalue weighted by molar-refractivity contribution is 5.89. The molecule has 1 aliphatic rings. The van der Waals surface area contributed by atoms with E-state index in [1.165, 1.54) is 16.7 Å². The average Bonchev–Trinajstić information content (AvgIpc) is 2.92. The molecule has 2 aromatic rings. The highest BCUT2D eigenvalue weighted by Gasteiger charge is 2.24. The Labute approximate surface area is 230 Å². The zero-order valence-corrected chi connectivity index (χ0v) is 22.7. The van der Waals surface area contributed by atoms with Crippen LogP contribution in [0, 0.1) is 0 Å². The van der Waals surface area contributed by atoms with Gasteiger partial charge in [0.05, 0.1) is 6.10 Å². The molecule has 8 heteroatoms. The van der Waals surface area contributed by atoms with Gasteiger partial charge in [0.2, 0.25) is 0 Å². The van der Waals surface area contributed by atoms with E-state index in [9.17, 15) is 14.4 Å². The van der Waals surface area contributed by atoms with Gasteiger partial charge in [-0.25, -0.2) is 9.59 Å². The fourth-order valence-electron chi connectivity index (χ4n) is 4.52. The third-order valence-corrected chi connectivity index (χ3v) is 6.52. The second kappa shape index (κ2) is 17.9. The van der Waals surface area contributed by atoms with Crippen LogP contribution in [0.2, 0.25) is 0 Å². The first-order chi connectivity index (χ1) is 18.8. The number of hydrogen-bond acceptors (Lipinski definition) is 5. The van der Waals surface area contributed by atoms with Crippen LogP contribution in [0.1, 0.15) is 74.7 Å².